The number of primary amides is 1. The first-order valence-electron chi connectivity index (χ1n) is 7.83. The number of amides is 1. The lowest BCUT2D eigenvalue weighted by atomic mass is 9.93. The average molecular weight is 320 g/mol. The molecule has 24 heavy (non-hydrogen) atoms. The zero-order valence-corrected chi connectivity index (χ0v) is 13.8. The zero-order chi connectivity index (χ0) is 17.2. The number of benzene rings is 2. The highest BCUT2D eigenvalue weighted by atomic mass is 16.1. The van der Waals surface area contributed by atoms with Crippen LogP contribution in [0.1, 0.15) is 13.8 Å². The smallest absolute Gasteiger partial charge is 0.224 e. The van der Waals surface area contributed by atoms with E-state index in [-0.39, 0.29) is 5.91 Å². The number of hydrogen-bond acceptors (Lipinski definition) is 4. The molecular formula is C19H20N4O. The van der Waals surface area contributed by atoms with E-state index in [9.17, 15) is 4.79 Å². The highest BCUT2D eigenvalue weighted by Gasteiger charge is 2.25. The van der Waals surface area contributed by atoms with E-state index in [0.717, 1.165) is 16.5 Å². The molecule has 0 saturated carbocycles. The second-order valence-corrected chi connectivity index (χ2v) is 6.38. The van der Waals surface area contributed by atoms with Crippen LogP contribution in [0.3, 0.4) is 0 Å². The monoisotopic (exact) mass is 320 g/mol. The molecule has 0 aliphatic carbocycles. The van der Waals surface area contributed by atoms with E-state index >= 15 is 0 Å². The van der Waals surface area contributed by atoms with Crippen LogP contribution in [0.15, 0.2) is 54.6 Å². The molecule has 5 heteroatoms. The second kappa shape index (κ2) is 6.28. The Kier molecular flexibility index (Phi) is 4.16. The van der Waals surface area contributed by atoms with E-state index in [1.165, 1.54) is 0 Å². The highest BCUT2D eigenvalue weighted by molar-refractivity contribution is 5.91. The number of para-hydroxylation sites is 1. The van der Waals surface area contributed by atoms with Crippen molar-refractivity contribution in [2.45, 2.75) is 13.8 Å². The molecule has 3 N–H and O–H groups in total. The average Bonchev–Trinajstić information content (AvgIpc) is 2.60. The summed E-state index contributed by atoms with van der Waals surface area (Å²) < 4.78 is 0. The molecular weight excluding hydrogens is 300 g/mol. The summed E-state index contributed by atoms with van der Waals surface area (Å²) in [4.78, 5) is 20.8. The van der Waals surface area contributed by atoms with Crippen LogP contribution in [0, 0.1) is 5.41 Å². The first kappa shape index (κ1) is 15.9. The number of fused-ring (bicyclic) bond motifs is 1. The Labute approximate surface area is 140 Å². The highest BCUT2D eigenvalue weighted by Crippen LogP contribution is 2.26. The Morgan fingerprint density at radius 1 is 1.04 bits per heavy atom. The lowest BCUT2D eigenvalue weighted by molar-refractivity contribution is -0.125. The van der Waals surface area contributed by atoms with E-state index in [4.69, 9.17) is 5.73 Å². The van der Waals surface area contributed by atoms with E-state index in [1.807, 2.05) is 68.4 Å². The minimum absolute atomic E-state index is 0.350. The minimum Gasteiger partial charge on any atom is -0.369 e. The van der Waals surface area contributed by atoms with Crippen LogP contribution >= 0.6 is 0 Å². The Balaban J connectivity index is 2.04. The van der Waals surface area contributed by atoms with Gasteiger partial charge in [0.1, 0.15) is 5.82 Å². The molecule has 0 aliphatic heterocycles. The Morgan fingerprint density at radius 3 is 2.42 bits per heavy atom. The third-order valence-corrected chi connectivity index (χ3v) is 4.00. The SMILES string of the molecule is CC(C)(CNc1nc(-c2ccccc2)nc2ccccc12)C(N)=O. The summed E-state index contributed by atoms with van der Waals surface area (Å²) in [5.41, 5.74) is 6.59. The standard InChI is InChI=1S/C19H20N4O/c1-19(2,18(20)24)12-21-17-14-10-6-7-11-15(14)22-16(23-17)13-8-4-3-5-9-13/h3-11H,12H2,1-2H3,(H2,20,24)(H,21,22,23). The molecule has 0 spiro atoms. The van der Waals surface area contributed by atoms with Gasteiger partial charge in [0.05, 0.1) is 10.9 Å². The number of nitrogens with two attached hydrogens (primary N) is 1. The van der Waals surface area contributed by atoms with E-state index in [0.29, 0.717) is 18.2 Å². The number of nitrogens with one attached hydrogen (secondary N) is 1. The van der Waals surface area contributed by atoms with Gasteiger partial charge < -0.3 is 11.1 Å². The van der Waals surface area contributed by atoms with Crippen LogP contribution in [-0.2, 0) is 4.79 Å². The maximum Gasteiger partial charge on any atom is 0.224 e. The van der Waals surface area contributed by atoms with Crippen molar-refractivity contribution in [3.8, 4) is 11.4 Å². The van der Waals surface area contributed by atoms with Crippen molar-refractivity contribution < 1.29 is 4.79 Å². The van der Waals surface area contributed by atoms with Crippen molar-refractivity contribution >= 4 is 22.6 Å². The number of nitrogens with zero attached hydrogens (tertiary/aromatic N) is 2. The lowest BCUT2D eigenvalue weighted by Gasteiger charge is -2.21. The molecule has 0 radical (unpaired) electrons. The summed E-state index contributed by atoms with van der Waals surface area (Å²) in [7, 11) is 0. The van der Waals surface area contributed by atoms with Gasteiger partial charge in [-0.2, -0.15) is 0 Å². The van der Waals surface area contributed by atoms with Crippen molar-refractivity contribution in [2.24, 2.45) is 11.1 Å². The Morgan fingerprint density at radius 2 is 1.71 bits per heavy atom. The third kappa shape index (κ3) is 3.20. The fourth-order valence-electron chi connectivity index (χ4n) is 2.32. The predicted octanol–water partition coefficient (Wildman–Crippen LogP) is 3.22. The van der Waals surface area contributed by atoms with Crippen LogP contribution < -0.4 is 11.1 Å². The predicted molar refractivity (Wildman–Crippen MR) is 96.4 cm³/mol. The Hall–Kier alpha value is -2.95. The van der Waals surface area contributed by atoms with Gasteiger partial charge in [-0.1, -0.05) is 42.5 Å². The molecule has 5 nitrogen and oxygen atoms in total. The van der Waals surface area contributed by atoms with Crippen LogP contribution in [-0.4, -0.2) is 22.4 Å². The second-order valence-electron chi connectivity index (χ2n) is 6.38. The van der Waals surface area contributed by atoms with E-state index < -0.39 is 5.41 Å². The van der Waals surface area contributed by atoms with Gasteiger partial charge in [-0.05, 0) is 26.0 Å². The van der Waals surface area contributed by atoms with Crippen molar-refractivity contribution in [1.82, 2.24) is 9.97 Å². The fourth-order valence-corrected chi connectivity index (χ4v) is 2.32. The van der Waals surface area contributed by atoms with Gasteiger partial charge >= 0.3 is 0 Å². The molecule has 3 rings (SSSR count). The first-order chi connectivity index (χ1) is 11.5. The van der Waals surface area contributed by atoms with E-state index in [1.54, 1.807) is 0 Å². The topological polar surface area (TPSA) is 80.9 Å². The number of aromatic nitrogens is 2. The summed E-state index contributed by atoms with van der Waals surface area (Å²) in [6.07, 6.45) is 0. The van der Waals surface area contributed by atoms with Gasteiger partial charge in [0, 0.05) is 17.5 Å². The van der Waals surface area contributed by atoms with Crippen molar-refractivity contribution in [3.05, 3.63) is 54.6 Å². The summed E-state index contributed by atoms with van der Waals surface area (Å²) in [5, 5.41) is 4.18. The molecule has 0 aliphatic rings. The minimum atomic E-state index is -0.668. The molecule has 0 fully saturated rings. The summed E-state index contributed by atoms with van der Waals surface area (Å²) in [6, 6.07) is 17.6. The molecule has 0 saturated heterocycles. The Bertz CT molecular complexity index is 875. The first-order valence-corrected chi connectivity index (χ1v) is 7.83. The van der Waals surface area contributed by atoms with Gasteiger partial charge in [0.25, 0.3) is 0 Å². The number of carbonyl (C=O) groups excluding carboxylic acids is 1. The molecule has 1 aromatic heterocycles. The summed E-state index contributed by atoms with van der Waals surface area (Å²) in [5.74, 6) is 0.999. The van der Waals surface area contributed by atoms with Gasteiger partial charge in [0.2, 0.25) is 5.91 Å². The van der Waals surface area contributed by atoms with Crippen molar-refractivity contribution in [3.63, 3.8) is 0 Å². The maximum atomic E-state index is 11.5. The fraction of sp³-hybridized carbons (Fsp3) is 0.211. The summed E-state index contributed by atoms with van der Waals surface area (Å²) in [6.45, 7) is 4.02. The largest absolute Gasteiger partial charge is 0.369 e. The van der Waals surface area contributed by atoms with Crippen molar-refractivity contribution in [1.29, 1.82) is 0 Å². The molecule has 122 valence electrons. The molecule has 0 unspecified atom stereocenters. The van der Waals surface area contributed by atoms with Gasteiger partial charge in [-0.25, -0.2) is 9.97 Å². The van der Waals surface area contributed by atoms with Gasteiger partial charge in [0.15, 0.2) is 5.82 Å². The molecule has 1 amide bonds. The maximum absolute atomic E-state index is 11.5. The third-order valence-electron chi connectivity index (χ3n) is 4.00. The van der Waals surface area contributed by atoms with E-state index in [2.05, 4.69) is 15.3 Å². The zero-order valence-electron chi connectivity index (χ0n) is 13.8. The van der Waals surface area contributed by atoms with Crippen LogP contribution in [0.4, 0.5) is 5.82 Å². The van der Waals surface area contributed by atoms with Gasteiger partial charge in [-0.15, -0.1) is 0 Å². The lowest BCUT2D eigenvalue weighted by Crippen LogP contribution is -2.37. The number of anilines is 1. The van der Waals surface area contributed by atoms with Crippen LogP contribution in [0.2, 0.25) is 0 Å². The molecule has 0 atom stereocenters. The van der Waals surface area contributed by atoms with Crippen molar-refractivity contribution in [2.75, 3.05) is 11.9 Å². The normalized spacial score (nSPS) is 11.4. The quantitative estimate of drug-likeness (QED) is 0.756. The molecule has 0 bridgehead atoms. The number of hydrogen-bond donors (Lipinski definition) is 2. The van der Waals surface area contributed by atoms with Crippen LogP contribution in [0.5, 0.6) is 0 Å². The van der Waals surface area contributed by atoms with Crippen LogP contribution in [0.25, 0.3) is 22.3 Å². The molecule has 1 heterocycles. The number of carbonyl (C=O) groups is 1. The molecule has 2 aromatic carbocycles. The molecule has 3 aromatic rings. The number of rotatable bonds is 5. The van der Waals surface area contributed by atoms with Gasteiger partial charge in [-0.3, -0.25) is 4.79 Å². The summed E-state index contributed by atoms with van der Waals surface area (Å²) >= 11 is 0.